The second kappa shape index (κ2) is 7.51. The van der Waals surface area contributed by atoms with Crippen molar-refractivity contribution in [2.45, 2.75) is 12.9 Å². The van der Waals surface area contributed by atoms with Gasteiger partial charge in [0.1, 0.15) is 0 Å². The minimum Gasteiger partial charge on any atom is -0.369 e. The predicted octanol–water partition coefficient (Wildman–Crippen LogP) is 2.36. The van der Waals surface area contributed by atoms with Crippen LogP contribution < -0.4 is 10.6 Å². The van der Waals surface area contributed by atoms with E-state index in [0.717, 1.165) is 0 Å². The average Bonchev–Trinajstić information content (AvgIpc) is 3.26. The van der Waals surface area contributed by atoms with E-state index in [2.05, 4.69) is 5.10 Å². The Bertz CT molecular complexity index is 1710. The lowest BCUT2D eigenvalue weighted by Gasteiger charge is -2.36. The van der Waals surface area contributed by atoms with Gasteiger partial charge in [0.2, 0.25) is 0 Å². The van der Waals surface area contributed by atoms with Crippen LogP contribution in [0.1, 0.15) is 31.0 Å². The van der Waals surface area contributed by atoms with E-state index in [1.165, 1.54) is 0 Å². The Morgan fingerprint density at radius 2 is 2.04 bits per heavy atom. The summed E-state index contributed by atoms with van der Waals surface area (Å²) in [5.41, 5.74) is -3.19. The predicted molar refractivity (Wildman–Crippen MR) is 104 cm³/mol. The fraction of sp³-hybridized carbons (Fsp3) is 0.368. The van der Waals surface area contributed by atoms with E-state index < -0.39 is 116 Å². The van der Waals surface area contributed by atoms with Gasteiger partial charge in [-0.25, -0.2) is 9.48 Å². The minimum atomic E-state index is -3.88. The molecule has 4 rings (SSSR count). The first kappa shape index (κ1) is 6.11. The number of rotatable bonds is 5. The van der Waals surface area contributed by atoms with Crippen molar-refractivity contribution in [2.24, 2.45) is 0 Å². The second-order valence-electron chi connectivity index (χ2n) is 4.86. The van der Waals surface area contributed by atoms with Crippen molar-refractivity contribution in [3.05, 3.63) is 64.0 Å². The maximum atomic E-state index is 13.1. The lowest BCUT2D eigenvalue weighted by atomic mass is 10.2. The van der Waals surface area contributed by atoms with Crippen LogP contribution in [0.25, 0.3) is 5.65 Å². The molecule has 7 heteroatoms. The number of aryl methyl sites for hydroxylation is 1. The molecule has 1 saturated heterocycles. The third-order valence-electron chi connectivity index (χ3n) is 3.20. The highest BCUT2D eigenvalue weighted by atomic mass is 35.5. The van der Waals surface area contributed by atoms with Gasteiger partial charge in [-0.2, -0.15) is 0 Å². The summed E-state index contributed by atoms with van der Waals surface area (Å²) in [4.78, 5) is 13.6. The van der Waals surface area contributed by atoms with Gasteiger partial charge >= 0.3 is 5.69 Å². The zero-order chi connectivity index (χ0) is 33.9. The molecule has 0 amide bonds. The third-order valence-corrected chi connectivity index (χ3v) is 3.39. The van der Waals surface area contributed by atoms with Crippen molar-refractivity contribution in [3.63, 3.8) is 0 Å². The SMILES string of the molecule is [2H]c1c([2H])c(Cl)c([2H])c(N2C([2H])([2H])CN(C([2H])([2H])C([2H])([2H])C([2H])([2H])n3nc4c([2H])c([2H])c([2H])c([2H])n4c3=O)CC2([2H])[2H])c1[2H]. The molecule has 0 spiro atoms. The Morgan fingerprint density at radius 1 is 1.19 bits per heavy atom. The molecule has 1 fully saturated rings. The van der Waals surface area contributed by atoms with Gasteiger partial charge in [-0.1, -0.05) is 23.7 Å². The summed E-state index contributed by atoms with van der Waals surface area (Å²) in [6.45, 7) is -16.0. The molecule has 26 heavy (non-hydrogen) atoms. The molecule has 0 saturated carbocycles. The summed E-state index contributed by atoms with van der Waals surface area (Å²) in [7, 11) is 0. The Balaban J connectivity index is 1.83. The first-order chi connectivity index (χ1) is 19.8. The molecule has 2 aromatic heterocycles. The molecule has 0 radical (unpaired) electrons. The highest BCUT2D eigenvalue weighted by molar-refractivity contribution is 6.30. The van der Waals surface area contributed by atoms with E-state index in [0.29, 0.717) is 0 Å². The van der Waals surface area contributed by atoms with E-state index in [1.54, 1.807) is 0 Å². The maximum absolute atomic E-state index is 13.1. The number of piperazine rings is 1. The van der Waals surface area contributed by atoms with Gasteiger partial charge in [-0.3, -0.25) is 9.30 Å². The number of pyridine rings is 1. The van der Waals surface area contributed by atoms with Gasteiger partial charge in [-0.15, -0.1) is 5.10 Å². The molecule has 3 aromatic rings. The van der Waals surface area contributed by atoms with Crippen LogP contribution in [0.3, 0.4) is 0 Å². The Hall–Kier alpha value is -2.31. The largest absolute Gasteiger partial charge is 0.369 e. The molecule has 136 valence electrons. The molecule has 1 aliphatic rings. The minimum absolute atomic E-state index is 0.201. The summed E-state index contributed by atoms with van der Waals surface area (Å²) >= 11 is 5.92. The number of aromatic nitrogens is 3. The molecular weight excluding hydrogens is 350 g/mol. The van der Waals surface area contributed by atoms with Gasteiger partial charge in [-0.05, 0) is 36.6 Å². The van der Waals surface area contributed by atoms with Gasteiger partial charge in [0.05, 0.1) is 19.2 Å². The van der Waals surface area contributed by atoms with Crippen molar-refractivity contribution in [1.82, 2.24) is 19.1 Å². The van der Waals surface area contributed by atoms with E-state index in [4.69, 9.17) is 36.3 Å². The van der Waals surface area contributed by atoms with Crippen LogP contribution in [0, 0.1) is 0 Å². The van der Waals surface area contributed by atoms with Crippen LogP contribution >= 0.6 is 11.6 Å². The molecule has 0 N–H and O–H groups in total. The fourth-order valence-electron chi connectivity index (χ4n) is 2.03. The number of hydrogen-bond acceptors (Lipinski definition) is 4. The van der Waals surface area contributed by atoms with Crippen molar-refractivity contribution in [3.8, 4) is 0 Å². The molecule has 6 nitrogen and oxygen atoms in total. The average molecular weight is 390 g/mol. The quantitative estimate of drug-likeness (QED) is 0.672. The Labute approximate surface area is 182 Å². The highest BCUT2D eigenvalue weighted by Gasteiger charge is 2.17. The van der Waals surface area contributed by atoms with Crippen molar-refractivity contribution in [2.75, 3.05) is 37.5 Å². The van der Waals surface area contributed by atoms with E-state index >= 15 is 0 Å². The topological polar surface area (TPSA) is 45.8 Å². The number of hydrogen-bond donors (Lipinski definition) is 0. The van der Waals surface area contributed by atoms with Crippen LogP contribution in [0.2, 0.25) is 5.02 Å². The first-order valence-corrected chi connectivity index (χ1v) is 7.55. The van der Waals surface area contributed by atoms with Crippen LogP contribution in [-0.4, -0.2) is 51.7 Å². The van der Waals surface area contributed by atoms with Gasteiger partial charge in [0.25, 0.3) is 0 Å². The van der Waals surface area contributed by atoms with Crippen LogP contribution in [0.4, 0.5) is 5.69 Å². The number of halogens is 1. The summed E-state index contributed by atoms with van der Waals surface area (Å²) < 4.78 is 149. The number of benzene rings is 1. The van der Waals surface area contributed by atoms with Crippen LogP contribution in [0.15, 0.2) is 53.3 Å². The van der Waals surface area contributed by atoms with Crippen molar-refractivity contribution < 1.29 is 24.7 Å². The molecule has 1 aliphatic heterocycles. The van der Waals surface area contributed by atoms with Crippen LogP contribution in [-0.2, 0) is 6.50 Å². The smallest absolute Gasteiger partial charge is 0.350 e. The zero-order valence-corrected chi connectivity index (χ0v) is 13.7. The molecule has 1 aromatic carbocycles. The zero-order valence-electron chi connectivity index (χ0n) is 30.9. The monoisotopic (exact) mass is 389 g/mol. The number of anilines is 1. The standard InChI is InChI=1S/C19H22ClN5O/c20-16-5-3-6-17(15-16)23-13-11-22(12-14-23)8-4-10-25-19(26)24-9-2-1-7-18(24)21-25/h1-3,5-7,9,15H,4,8,10-14H2/i1D,2D,3D,4D2,5D,6D,7D,8D2,9D,10D2,13D2,14D2,15D. The lowest BCUT2D eigenvalue weighted by molar-refractivity contribution is 0.248. The van der Waals surface area contributed by atoms with Gasteiger partial charge < -0.3 is 4.90 Å². The Kier molecular flexibility index (Phi) is 1.76. The normalized spacial score (nSPS) is 31.2. The van der Waals surface area contributed by atoms with Crippen molar-refractivity contribution in [1.29, 1.82) is 0 Å². The maximum Gasteiger partial charge on any atom is 0.350 e. The summed E-state index contributed by atoms with van der Waals surface area (Å²) in [5, 5.41) is 2.86. The Morgan fingerprint density at radius 3 is 2.88 bits per heavy atom. The first-order valence-electron chi connectivity index (χ1n) is 16.2. The molecule has 0 bridgehead atoms. The number of fused-ring (bicyclic) bond motifs is 1. The van der Waals surface area contributed by atoms with Crippen molar-refractivity contribution >= 4 is 22.9 Å². The molecule has 0 unspecified atom stereocenters. The van der Waals surface area contributed by atoms with E-state index in [9.17, 15) is 4.79 Å². The third kappa shape index (κ3) is 3.61. The second-order valence-corrected chi connectivity index (χ2v) is 5.24. The van der Waals surface area contributed by atoms with E-state index in [1.807, 2.05) is 0 Å². The van der Waals surface area contributed by atoms with Gasteiger partial charge in [0, 0.05) is 61.4 Å². The highest BCUT2D eigenvalue weighted by Crippen LogP contribution is 2.20. The van der Waals surface area contributed by atoms with Gasteiger partial charge in [0.15, 0.2) is 5.65 Å². The summed E-state index contributed by atoms with van der Waals surface area (Å²) in [6.07, 6.45) is -4.84. The lowest BCUT2D eigenvalue weighted by Crippen LogP contribution is -2.46. The van der Waals surface area contributed by atoms with Crippen LogP contribution in [0.5, 0.6) is 0 Å². The molecular formula is C19H22ClN5O. The molecule has 3 heterocycles. The fourth-order valence-corrected chi connectivity index (χ4v) is 2.17. The molecule has 0 atom stereocenters. The molecule has 0 aliphatic carbocycles. The number of nitrogens with zero attached hydrogens (tertiary/aromatic N) is 5. The summed E-state index contributed by atoms with van der Waals surface area (Å²) in [6, 6.07) is -5.91. The summed E-state index contributed by atoms with van der Waals surface area (Å²) in [5.74, 6) is 0. The van der Waals surface area contributed by atoms with E-state index in [-0.39, 0.29) is 18.9 Å².